The summed E-state index contributed by atoms with van der Waals surface area (Å²) in [5, 5.41) is 3.40. The first-order chi connectivity index (χ1) is 14.2. The molecule has 1 amide bonds. The van der Waals surface area contributed by atoms with Crippen molar-refractivity contribution in [3.05, 3.63) is 52.0 Å². The second-order valence-electron chi connectivity index (χ2n) is 6.77. The third-order valence-electron chi connectivity index (χ3n) is 4.55. The normalized spacial score (nSPS) is 14.0. The first-order valence-corrected chi connectivity index (χ1v) is 9.72. The number of aryl methyl sites for hydroxylation is 1. The summed E-state index contributed by atoms with van der Waals surface area (Å²) in [7, 11) is 0. The number of rotatable bonds is 4. The highest BCUT2D eigenvalue weighted by Crippen LogP contribution is 2.35. The predicted octanol–water partition coefficient (Wildman–Crippen LogP) is 4.23. The van der Waals surface area contributed by atoms with Gasteiger partial charge >= 0.3 is 12.1 Å². The molecule has 4 rings (SSSR count). The number of carbonyl (C=O) groups is 1. The van der Waals surface area contributed by atoms with Gasteiger partial charge in [0.25, 0.3) is 5.91 Å². The molecule has 1 aliphatic rings. The van der Waals surface area contributed by atoms with Crippen LogP contribution in [0.5, 0.6) is 5.75 Å². The first kappa shape index (κ1) is 20.3. The van der Waals surface area contributed by atoms with Crippen molar-refractivity contribution in [2.24, 2.45) is 0 Å². The molecular formula is C19H15F4N3O3S. The molecule has 0 unspecified atom stereocenters. The van der Waals surface area contributed by atoms with Crippen molar-refractivity contribution < 1.29 is 31.6 Å². The van der Waals surface area contributed by atoms with Gasteiger partial charge < -0.3 is 14.2 Å². The third kappa shape index (κ3) is 4.16. The van der Waals surface area contributed by atoms with E-state index in [1.54, 1.807) is 24.0 Å². The summed E-state index contributed by atoms with van der Waals surface area (Å²) in [4.78, 5) is 18.8. The van der Waals surface area contributed by atoms with Gasteiger partial charge in [0.15, 0.2) is 18.2 Å². The lowest BCUT2D eigenvalue weighted by molar-refractivity contribution is -0.159. The molecule has 2 aromatic heterocycles. The van der Waals surface area contributed by atoms with E-state index in [1.165, 1.54) is 23.5 Å². The van der Waals surface area contributed by atoms with E-state index >= 15 is 0 Å². The second kappa shape index (κ2) is 7.71. The van der Waals surface area contributed by atoms with E-state index in [4.69, 9.17) is 4.74 Å². The van der Waals surface area contributed by atoms with Crippen LogP contribution in [0.1, 0.15) is 21.9 Å². The third-order valence-corrected chi connectivity index (χ3v) is 5.78. The molecule has 0 saturated heterocycles. The van der Waals surface area contributed by atoms with E-state index in [1.807, 2.05) is 0 Å². The van der Waals surface area contributed by atoms with Crippen molar-refractivity contribution in [1.82, 2.24) is 15.0 Å². The molecule has 11 heteroatoms. The van der Waals surface area contributed by atoms with Crippen LogP contribution in [0.4, 0.5) is 17.6 Å². The lowest BCUT2D eigenvalue weighted by Gasteiger charge is -2.26. The Bertz CT molecular complexity index is 1090. The Morgan fingerprint density at radius 2 is 2.13 bits per heavy atom. The Hall–Kier alpha value is -2.95. The molecule has 0 aliphatic carbocycles. The molecule has 158 valence electrons. The van der Waals surface area contributed by atoms with Gasteiger partial charge in [-0.25, -0.2) is 4.39 Å². The number of ether oxygens (including phenoxy) is 1. The fourth-order valence-corrected chi connectivity index (χ4v) is 4.14. The number of nitrogens with zero attached hydrogens (tertiary/aromatic N) is 3. The lowest BCUT2D eigenvalue weighted by atomic mass is 10.1. The zero-order valence-corrected chi connectivity index (χ0v) is 16.4. The molecule has 0 fully saturated rings. The Kier molecular flexibility index (Phi) is 5.22. The highest BCUT2D eigenvalue weighted by molar-refractivity contribution is 7.15. The summed E-state index contributed by atoms with van der Waals surface area (Å²) in [5.74, 6) is -2.39. The van der Waals surface area contributed by atoms with Crippen molar-refractivity contribution >= 4 is 17.2 Å². The van der Waals surface area contributed by atoms with Gasteiger partial charge in [0, 0.05) is 18.0 Å². The number of carbonyl (C=O) groups excluding carboxylic acids is 1. The Labute approximate surface area is 172 Å². The molecule has 3 aromatic rings. The van der Waals surface area contributed by atoms with Gasteiger partial charge in [-0.05, 0) is 42.7 Å². The zero-order valence-electron chi connectivity index (χ0n) is 15.6. The van der Waals surface area contributed by atoms with E-state index in [0.717, 1.165) is 16.0 Å². The minimum atomic E-state index is -4.71. The Balaban J connectivity index is 1.42. The topological polar surface area (TPSA) is 68.5 Å². The number of hydrogen-bond donors (Lipinski definition) is 0. The summed E-state index contributed by atoms with van der Waals surface area (Å²) >= 11 is 1.27. The first-order valence-electron chi connectivity index (χ1n) is 8.90. The van der Waals surface area contributed by atoms with Crippen LogP contribution in [0.25, 0.3) is 10.7 Å². The molecule has 0 atom stereocenters. The number of fused-ring (bicyclic) bond motifs is 1. The van der Waals surface area contributed by atoms with E-state index in [0.29, 0.717) is 17.8 Å². The van der Waals surface area contributed by atoms with Gasteiger partial charge in [-0.3, -0.25) is 4.79 Å². The number of alkyl halides is 3. The Morgan fingerprint density at radius 3 is 2.83 bits per heavy atom. The highest BCUT2D eigenvalue weighted by Gasteiger charge is 2.38. The SMILES string of the molecule is Cc1ccc(OCC(=O)N2CCc3sc(-c4noc(C(F)(F)F)n4)cc3C2)c(F)c1. The van der Waals surface area contributed by atoms with Crippen LogP contribution >= 0.6 is 11.3 Å². The number of hydrogen-bond acceptors (Lipinski definition) is 6. The Morgan fingerprint density at radius 1 is 1.33 bits per heavy atom. The zero-order chi connectivity index (χ0) is 21.5. The maximum Gasteiger partial charge on any atom is 0.471 e. The minimum Gasteiger partial charge on any atom is -0.481 e. The number of benzene rings is 1. The average Bonchev–Trinajstić information content (AvgIpc) is 3.33. The van der Waals surface area contributed by atoms with Crippen molar-refractivity contribution in [2.45, 2.75) is 26.1 Å². The monoisotopic (exact) mass is 441 g/mol. The van der Waals surface area contributed by atoms with Crippen molar-refractivity contribution in [3.8, 4) is 16.5 Å². The van der Waals surface area contributed by atoms with Gasteiger partial charge in [0.2, 0.25) is 5.82 Å². The smallest absolute Gasteiger partial charge is 0.471 e. The summed E-state index contributed by atoms with van der Waals surface area (Å²) in [6.07, 6.45) is -4.17. The van der Waals surface area contributed by atoms with Gasteiger partial charge in [0.05, 0.1) is 4.88 Å². The van der Waals surface area contributed by atoms with Gasteiger partial charge in [-0.15, -0.1) is 11.3 Å². The lowest BCUT2D eigenvalue weighted by Crippen LogP contribution is -2.38. The molecule has 0 radical (unpaired) electrons. The van der Waals surface area contributed by atoms with Crippen LogP contribution in [0.2, 0.25) is 0 Å². The average molecular weight is 441 g/mol. The predicted molar refractivity (Wildman–Crippen MR) is 98.4 cm³/mol. The summed E-state index contributed by atoms with van der Waals surface area (Å²) in [6.45, 7) is 2.13. The molecule has 0 bridgehead atoms. The molecule has 0 saturated carbocycles. The maximum absolute atomic E-state index is 13.8. The number of aromatic nitrogens is 2. The van der Waals surface area contributed by atoms with E-state index < -0.39 is 17.9 Å². The van der Waals surface area contributed by atoms with Crippen LogP contribution in [-0.4, -0.2) is 34.1 Å². The van der Waals surface area contributed by atoms with E-state index in [2.05, 4.69) is 14.7 Å². The van der Waals surface area contributed by atoms with Gasteiger partial charge in [-0.1, -0.05) is 11.2 Å². The van der Waals surface area contributed by atoms with Crippen LogP contribution in [0.3, 0.4) is 0 Å². The molecule has 0 N–H and O–H groups in total. The van der Waals surface area contributed by atoms with Crippen molar-refractivity contribution in [3.63, 3.8) is 0 Å². The summed E-state index contributed by atoms with van der Waals surface area (Å²) in [6, 6.07) is 6.13. The van der Waals surface area contributed by atoms with Crippen LogP contribution in [0.15, 0.2) is 28.8 Å². The molecule has 0 spiro atoms. The van der Waals surface area contributed by atoms with Crippen molar-refractivity contribution in [2.75, 3.05) is 13.2 Å². The van der Waals surface area contributed by atoms with E-state index in [-0.39, 0.29) is 30.6 Å². The van der Waals surface area contributed by atoms with Gasteiger partial charge in [0.1, 0.15) is 0 Å². The van der Waals surface area contributed by atoms with Crippen molar-refractivity contribution in [1.29, 1.82) is 0 Å². The number of halogens is 4. The molecule has 30 heavy (non-hydrogen) atoms. The molecule has 1 aliphatic heterocycles. The summed E-state index contributed by atoms with van der Waals surface area (Å²) in [5.41, 5.74) is 1.54. The standard InChI is InChI=1S/C19H15F4N3O3S/c1-10-2-3-13(12(20)6-10)28-9-16(27)26-5-4-14-11(8-26)7-15(30-14)17-24-18(29-25-17)19(21,22)23/h2-3,6-7H,4-5,8-9H2,1H3. The van der Waals surface area contributed by atoms with Crippen LogP contribution in [0, 0.1) is 12.7 Å². The van der Waals surface area contributed by atoms with E-state index in [9.17, 15) is 22.4 Å². The quantitative estimate of drug-likeness (QED) is 0.567. The fraction of sp³-hybridized carbons (Fsp3) is 0.316. The van der Waals surface area contributed by atoms with Gasteiger partial charge in [-0.2, -0.15) is 18.2 Å². The van der Waals surface area contributed by atoms with Crippen LogP contribution < -0.4 is 4.74 Å². The molecule has 6 nitrogen and oxygen atoms in total. The highest BCUT2D eigenvalue weighted by atomic mass is 32.1. The molecule has 1 aromatic carbocycles. The summed E-state index contributed by atoms with van der Waals surface area (Å²) < 4.78 is 61.4. The number of amides is 1. The number of thiophene rings is 1. The van der Waals surface area contributed by atoms with Crippen LogP contribution in [-0.2, 0) is 23.9 Å². The fourth-order valence-electron chi connectivity index (χ4n) is 3.05. The maximum atomic E-state index is 13.8. The largest absolute Gasteiger partial charge is 0.481 e. The molecular weight excluding hydrogens is 426 g/mol. The minimum absolute atomic E-state index is 0.00189. The molecule has 3 heterocycles. The second-order valence-corrected chi connectivity index (χ2v) is 7.90.